The molecule has 112 valence electrons. The standard InChI is InChI=1S/C16H21N3O2/c1-19(14-7-8-14)11-10-18-16(21)15-13(5-2-3-12-20)6-4-9-17-15/h4,6,9,14,20H,3,7-8,10-12H2,1H3,(H,18,21). The van der Waals surface area contributed by atoms with Gasteiger partial charge in [-0.25, -0.2) is 4.98 Å². The SMILES string of the molecule is CN(CCNC(=O)c1ncccc1C#CCCO)C1CC1. The van der Waals surface area contributed by atoms with Crippen molar-refractivity contribution < 1.29 is 9.90 Å². The van der Waals surface area contributed by atoms with Gasteiger partial charge in [0.2, 0.25) is 0 Å². The molecular formula is C16H21N3O2. The molecule has 0 unspecified atom stereocenters. The van der Waals surface area contributed by atoms with Crippen molar-refractivity contribution >= 4 is 5.91 Å². The van der Waals surface area contributed by atoms with Gasteiger partial charge >= 0.3 is 0 Å². The molecule has 0 spiro atoms. The van der Waals surface area contributed by atoms with Crippen LogP contribution in [0.2, 0.25) is 0 Å². The number of pyridine rings is 1. The van der Waals surface area contributed by atoms with E-state index in [-0.39, 0.29) is 12.5 Å². The molecule has 0 radical (unpaired) electrons. The number of aliphatic hydroxyl groups excluding tert-OH is 1. The summed E-state index contributed by atoms with van der Waals surface area (Å²) in [5.74, 6) is 5.49. The number of amides is 1. The lowest BCUT2D eigenvalue weighted by atomic mass is 10.2. The molecule has 21 heavy (non-hydrogen) atoms. The van der Waals surface area contributed by atoms with E-state index in [0.717, 1.165) is 6.54 Å². The minimum atomic E-state index is -0.201. The van der Waals surface area contributed by atoms with Crippen LogP contribution in [0.25, 0.3) is 0 Å². The number of rotatable bonds is 6. The maximum absolute atomic E-state index is 12.2. The van der Waals surface area contributed by atoms with Gasteiger partial charge in [-0.15, -0.1) is 0 Å². The Labute approximate surface area is 125 Å². The van der Waals surface area contributed by atoms with Gasteiger partial charge in [-0.2, -0.15) is 0 Å². The summed E-state index contributed by atoms with van der Waals surface area (Å²) in [4.78, 5) is 18.5. The summed E-state index contributed by atoms with van der Waals surface area (Å²) in [6.45, 7) is 1.46. The molecule has 0 aromatic carbocycles. The third-order valence-corrected chi connectivity index (χ3v) is 3.40. The Bertz CT molecular complexity index is 544. The number of hydrogen-bond acceptors (Lipinski definition) is 4. The van der Waals surface area contributed by atoms with Crippen LogP contribution in [0.4, 0.5) is 0 Å². The predicted molar refractivity (Wildman–Crippen MR) is 80.8 cm³/mol. The van der Waals surface area contributed by atoms with E-state index in [1.54, 1.807) is 18.3 Å². The molecule has 0 aliphatic heterocycles. The van der Waals surface area contributed by atoms with Crippen molar-refractivity contribution in [2.45, 2.75) is 25.3 Å². The Morgan fingerprint density at radius 2 is 2.38 bits per heavy atom. The fourth-order valence-corrected chi connectivity index (χ4v) is 2.03. The summed E-state index contributed by atoms with van der Waals surface area (Å²) in [7, 11) is 2.08. The molecule has 5 heteroatoms. The van der Waals surface area contributed by atoms with Gasteiger partial charge in [0, 0.05) is 31.7 Å². The van der Waals surface area contributed by atoms with Crippen molar-refractivity contribution in [3.8, 4) is 11.8 Å². The van der Waals surface area contributed by atoms with Gasteiger partial charge in [-0.1, -0.05) is 11.8 Å². The second kappa shape index (κ2) is 7.77. The fourth-order valence-electron chi connectivity index (χ4n) is 2.03. The summed E-state index contributed by atoms with van der Waals surface area (Å²) in [6, 6.07) is 4.21. The van der Waals surface area contributed by atoms with E-state index in [0.29, 0.717) is 30.3 Å². The minimum Gasteiger partial charge on any atom is -0.395 e. The molecule has 1 amide bonds. The maximum atomic E-state index is 12.2. The third kappa shape index (κ3) is 4.85. The van der Waals surface area contributed by atoms with E-state index >= 15 is 0 Å². The number of likely N-dealkylation sites (N-methyl/N-ethyl adjacent to an activating group) is 1. The number of aliphatic hydroxyl groups is 1. The highest BCUT2D eigenvalue weighted by atomic mass is 16.2. The van der Waals surface area contributed by atoms with Gasteiger partial charge in [0.1, 0.15) is 5.69 Å². The fraction of sp³-hybridized carbons (Fsp3) is 0.500. The van der Waals surface area contributed by atoms with Crippen molar-refractivity contribution in [1.29, 1.82) is 0 Å². The number of nitrogens with zero attached hydrogens (tertiary/aromatic N) is 2. The molecule has 1 aromatic heterocycles. The van der Waals surface area contributed by atoms with Crippen molar-refractivity contribution in [2.24, 2.45) is 0 Å². The van der Waals surface area contributed by atoms with E-state index in [4.69, 9.17) is 5.11 Å². The number of carbonyl (C=O) groups excluding carboxylic acids is 1. The van der Waals surface area contributed by atoms with Crippen molar-refractivity contribution in [3.63, 3.8) is 0 Å². The quantitative estimate of drug-likeness (QED) is 0.754. The Morgan fingerprint density at radius 3 is 3.10 bits per heavy atom. The van der Waals surface area contributed by atoms with Gasteiger partial charge < -0.3 is 15.3 Å². The number of carbonyl (C=O) groups is 1. The van der Waals surface area contributed by atoms with Crippen LogP contribution in [0.1, 0.15) is 35.3 Å². The summed E-state index contributed by atoms with van der Waals surface area (Å²) in [5, 5.41) is 11.6. The minimum absolute atomic E-state index is 0.0162. The molecule has 1 fully saturated rings. The average Bonchev–Trinajstić information content (AvgIpc) is 3.32. The molecule has 1 aromatic rings. The number of nitrogens with one attached hydrogen (secondary N) is 1. The monoisotopic (exact) mass is 287 g/mol. The van der Waals surface area contributed by atoms with Gasteiger partial charge in [-0.05, 0) is 32.0 Å². The summed E-state index contributed by atoms with van der Waals surface area (Å²) < 4.78 is 0. The van der Waals surface area contributed by atoms with Crippen LogP contribution in [-0.4, -0.2) is 53.7 Å². The lowest BCUT2D eigenvalue weighted by Crippen LogP contribution is -2.34. The smallest absolute Gasteiger partial charge is 0.271 e. The van der Waals surface area contributed by atoms with Gasteiger partial charge in [0.15, 0.2) is 0 Å². The topological polar surface area (TPSA) is 65.5 Å². The van der Waals surface area contributed by atoms with Crippen LogP contribution in [-0.2, 0) is 0 Å². The van der Waals surface area contributed by atoms with Crippen LogP contribution >= 0.6 is 0 Å². The first-order valence-corrected chi connectivity index (χ1v) is 7.25. The zero-order valence-electron chi connectivity index (χ0n) is 12.3. The number of hydrogen-bond donors (Lipinski definition) is 2. The van der Waals surface area contributed by atoms with Gasteiger partial charge in [0.25, 0.3) is 5.91 Å². The van der Waals surface area contributed by atoms with Gasteiger partial charge in [-0.3, -0.25) is 4.79 Å². The summed E-state index contributed by atoms with van der Waals surface area (Å²) in [5.41, 5.74) is 0.941. The van der Waals surface area contributed by atoms with Gasteiger partial charge in [0.05, 0.1) is 12.2 Å². The molecule has 2 rings (SSSR count). The third-order valence-electron chi connectivity index (χ3n) is 3.40. The molecule has 1 heterocycles. The lowest BCUT2D eigenvalue weighted by Gasteiger charge is -2.15. The molecule has 2 N–H and O–H groups in total. The second-order valence-corrected chi connectivity index (χ2v) is 5.14. The summed E-state index contributed by atoms with van der Waals surface area (Å²) >= 11 is 0. The van der Waals surface area contributed by atoms with Crippen molar-refractivity contribution in [1.82, 2.24) is 15.2 Å². The lowest BCUT2D eigenvalue weighted by molar-refractivity contribution is 0.0944. The van der Waals surface area contributed by atoms with Crippen LogP contribution in [0.3, 0.4) is 0 Å². The van der Waals surface area contributed by atoms with Crippen LogP contribution in [0.5, 0.6) is 0 Å². The highest BCUT2D eigenvalue weighted by Gasteiger charge is 2.25. The first-order valence-electron chi connectivity index (χ1n) is 7.25. The Balaban J connectivity index is 1.90. The second-order valence-electron chi connectivity index (χ2n) is 5.14. The molecule has 0 bridgehead atoms. The highest BCUT2D eigenvalue weighted by Crippen LogP contribution is 2.24. The van der Waals surface area contributed by atoms with E-state index in [1.165, 1.54) is 12.8 Å². The summed E-state index contributed by atoms with van der Waals surface area (Å²) in [6.07, 6.45) is 4.50. The largest absolute Gasteiger partial charge is 0.395 e. The first kappa shape index (κ1) is 15.5. The number of aromatic nitrogens is 1. The molecular weight excluding hydrogens is 266 g/mol. The molecule has 1 aliphatic rings. The molecule has 1 saturated carbocycles. The van der Waals surface area contributed by atoms with E-state index in [2.05, 4.69) is 34.1 Å². The Hall–Kier alpha value is -1.90. The Kier molecular flexibility index (Phi) is 5.73. The Morgan fingerprint density at radius 1 is 1.57 bits per heavy atom. The molecule has 5 nitrogen and oxygen atoms in total. The molecule has 0 atom stereocenters. The predicted octanol–water partition coefficient (Wildman–Crippen LogP) is 0.639. The van der Waals surface area contributed by atoms with Crippen LogP contribution < -0.4 is 5.32 Å². The molecule has 0 saturated heterocycles. The van der Waals surface area contributed by atoms with Crippen LogP contribution in [0.15, 0.2) is 18.3 Å². The van der Waals surface area contributed by atoms with E-state index in [1.807, 2.05) is 0 Å². The molecule has 1 aliphatic carbocycles. The normalized spacial score (nSPS) is 13.7. The zero-order chi connectivity index (χ0) is 15.1. The first-order chi connectivity index (χ1) is 10.2. The maximum Gasteiger partial charge on any atom is 0.271 e. The van der Waals surface area contributed by atoms with Crippen molar-refractivity contribution in [2.75, 3.05) is 26.7 Å². The van der Waals surface area contributed by atoms with Crippen LogP contribution in [0, 0.1) is 11.8 Å². The highest BCUT2D eigenvalue weighted by molar-refractivity contribution is 5.94. The zero-order valence-corrected chi connectivity index (χ0v) is 12.3. The van der Waals surface area contributed by atoms with E-state index < -0.39 is 0 Å². The average molecular weight is 287 g/mol. The van der Waals surface area contributed by atoms with E-state index in [9.17, 15) is 4.79 Å². The van der Waals surface area contributed by atoms with Crippen molar-refractivity contribution in [3.05, 3.63) is 29.6 Å².